The van der Waals surface area contributed by atoms with E-state index in [-0.39, 0.29) is 12.4 Å². The summed E-state index contributed by atoms with van der Waals surface area (Å²) in [6.07, 6.45) is 0.148. The Morgan fingerprint density at radius 1 is 1.14 bits per heavy atom. The van der Waals surface area contributed by atoms with Gasteiger partial charge in [0.2, 0.25) is 0 Å². The SMILES string of the molecule is CCOC(=O)Cc1cc(OCc2ccccc2)ccc1Cl. The molecule has 2 rings (SSSR count). The number of ether oxygens (including phenoxy) is 2. The Hall–Kier alpha value is -2.00. The molecule has 0 aliphatic carbocycles. The van der Waals surface area contributed by atoms with Crippen LogP contribution in [0.2, 0.25) is 5.02 Å². The maximum Gasteiger partial charge on any atom is 0.310 e. The van der Waals surface area contributed by atoms with Gasteiger partial charge in [-0.05, 0) is 36.2 Å². The minimum absolute atomic E-state index is 0.148. The van der Waals surface area contributed by atoms with Crippen LogP contribution in [0.5, 0.6) is 5.75 Å². The molecule has 0 aliphatic heterocycles. The maximum absolute atomic E-state index is 11.5. The van der Waals surface area contributed by atoms with Crippen LogP contribution in [0.3, 0.4) is 0 Å². The minimum Gasteiger partial charge on any atom is -0.489 e. The van der Waals surface area contributed by atoms with Gasteiger partial charge in [0.1, 0.15) is 12.4 Å². The fraction of sp³-hybridized carbons (Fsp3) is 0.235. The summed E-state index contributed by atoms with van der Waals surface area (Å²) in [5.74, 6) is 0.391. The Balaban J connectivity index is 2.02. The van der Waals surface area contributed by atoms with Crippen LogP contribution in [-0.4, -0.2) is 12.6 Å². The Labute approximate surface area is 129 Å². The molecule has 2 aromatic rings. The number of benzene rings is 2. The van der Waals surface area contributed by atoms with Gasteiger partial charge in [0.15, 0.2) is 0 Å². The summed E-state index contributed by atoms with van der Waals surface area (Å²) in [5.41, 5.74) is 1.79. The van der Waals surface area contributed by atoms with Crippen molar-refractivity contribution in [2.45, 2.75) is 20.0 Å². The molecule has 0 aromatic heterocycles. The van der Waals surface area contributed by atoms with Gasteiger partial charge >= 0.3 is 5.97 Å². The van der Waals surface area contributed by atoms with Crippen LogP contribution in [0.25, 0.3) is 0 Å². The maximum atomic E-state index is 11.5. The molecule has 0 atom stereocenters. The van der Waals surface area contributed by atoms with Crippen molar-refractivity contribution in [3.8, 4) is 5.75 Å². The molecular weight excluding hydrogens is 288 g/mol. The van der Waals surface area contributed by atoms with Crippen molar-refractivity contribution in [3.63, 3.8) is 0 Å². The van der Waals surface area contributed by atoms with E-state index in [1.807, 2.05) is 30.3 Å². The lowest BCUT2D eigenvalue weighted by atomic mass is 10.1. The average molecular weight is 305 g/mol. The van der Waals surface area contributed by atoms with Crippen molar-refractivity contribution in [3.05, 3.63) is 64.7 Å². The highest BCUT2D eigenvalue weighted by molar-refractivity contribution is 6.31. The van der Waals surface area contributed by atoms with Gasteiger partial charge in [-0.25, -0.2) is 0 Å². The molecule has 2 aromatic carbocycles. The first kappa shape index (κ1) is 15.4. The van der Waals surface area contributed by atoms with E-state index in [9.17, 15) is 4.79 Å². The van der Waals surface area contributed by atoms with E-state index >= 15 is 0 Å². The second-order valence-electron chi connectivity index (χ2n) is 4.51. The molecule has 0 unspecified atom stereocenters. The molecule has 0 N–H and O–H groups in total. The van der Waals surface area contributed by atoms with Crippen LogP contribution in [0, 0.1) is 0 Å². The van der Waals surface area contributed by atoms with Gasteiger partial charge in [0.25, 0.3) is 0 Å². The number of hydrogen-bond donors (Lipinski definition) is 0. The average Bonchev–Trinajstić information content (AvgIpc) is 2.49. The van der Waals surface area contributed by atoms with Crippen LogP contribution in [0.15, 0.2) is 48.5 Å². The number of rotatable bonds is 6. The Bertz CT molecular complexity index is 596. The zero-order valence-electron chi connectivity index (χ0n) is 11.8. The predicted molar refractivity (Wildman–Crippen MR) is 82.6 cm³/mol. The van der Waals surface area contributed by atoms with Crippen molar-refractivity contribution in [1.29, 1.82) is 0 Å². The van der Waals surface area contributed by atoms with E-state index < -0.39 is 0 Å². The van der Waals surface area contributed by atoms with Crippen molar-refractivity contribution in [2.75, 3.05) is 6.61 Å². The minimum atomic E-state index is -0.292. The second-order valence-corrected chi connectivity index (χ2v) is 4.92. The molecule has 0 fully saturated rings. The van der Waals surface area contributed by atoms with Gasteiger partial charge in [0, 0.05) is 5.02 Å². The molecule has 21 heavy (non-hydrogen) atoms. The molecule has 0 heterocycles. The zero-order valence-corrected chi connectivity index (χ0v) is 12.6. The molecule has 0 radical (unpaired) electrons. The van der Waals surface area contributed by atoms with E-state index in [1.165, 1.54) is 0 Å². The molecule has 0 aliphatic rings. The lowest BCUT2D eigenvalue weighted by Gasteiger charge is -2.09. The quantitative estimate of drug-likeness (QED) is 0.756. The lowest BCUT2D eigenvalue weighted by molar-refractivity contribution is -0.142. The monoisotopic (exact) mass is 304 g/mol. The topological polar surface area (TPSA) is 35.5 Å². The third-order valence-electron chi connectivity index (χ3n) is 2.91. The third kappa shape index (κ3) is 4.80. The van der Waals surface area contributed by atoms with E-state index in [2.05, 4.69) is 0 Å². The first-order valence-electron chi connectivity index (χ1n) is 6.80. The predicted octanol–water partition coefficient (Wildman–Crippen LogP) is 4.02. The highest BCUT2D eigenvalue weighted by Gasteiger charge is 2.09. The van der Waals surface area contributed by atoms with Crippen LogP contribution < -0.4 is 4.74 Å². The van der Waals surface area contributed by atoms with E-state index in [1.54, 1.807) is 25.1 Å². The number of carbonyl (C=O) groups is 1. The summed E-state index contributed by atoms with van der Waals surface area (Å²) >= 11 is 6.09. The molecule has 4 heteroatoms. The normalized spacial score (nSPS) is 10.2. The van der Waals surface area contributed by atoms with E-state index in [0.717, 1.165) is 5.56 Å². The molecule has 0 saturated carbocycles. The summed E-state index contributed by atoms with van der Waals surface area (Å²) in [7, 11) is 0. The molecule has 3 nitrogen and oxygen atoms in total. The second kappa shape index (κ2) is 7.70. The van der Waals surface area contributed by atoms with E-state index in [4.69, 9.17) is 21.1 Å². The number of esters is 1. The van der Waals surface area contributed by atoms with Crippen LogP contribution in [0.1, 0.15) is 18.1 Å². The lowest BCUT2D eigenvalue weighted by Crippen LogP contribution is -2.08. The third-order valence-corrected chi connectivity index (χ3v) is 3.27. The van der Waals surface area contributed by atoms with Crippen molar-refractivity contribution in [2.24, 2.45) is 0 Å². The first-order chi connectivity index (χ1) is 10.2. The first-order valence-corrected chi connectivity index (χ1v) is 7.17. The van der Waals surface area contributed by atoms with E-state index in [0.29, 0.717) is 29.5 Å². The molecular formula is C17H17ClO3. The molecule has 0 bridgehead atoms. The number of halogens is 1. The van der Waals surface area contributed by atoms with Gasteiger partial charge in [-0.2, -0.15) is 0 Å². The van der Waals surface area contributed by atoms with Gasteiger partial charge < -0.3 is 9.47 Å². The Morgan fingerprint density at radius 2 is 1.90 bits per heavy atom. The van der Waals surface area contributed by atoms with Gasteiger partial charge in [-0.3, -0.25) is 4.79 Å². The number of hydrogen-bond acceptors (Lipinski definition) is 3. The molecule has 110 valence electrons. The Kier molecular flexibility index (Phi) is 5.64. The van der Waals surface area contributed by atoms with Gasteiger partial charge in [0.05, 0.1) is 13.0 Å². The fourth-order valence-electron chi connectivity index (χ4n) is 1.88. The summed E-state index contributed by atoms with van der Waals surface area (Å²) < 4.78 is 10.7. The molecule has 0 amide bonds. The fourth-order valence-corrected chi connectivity index (χ4v) is 2.07. The van der Waals surface area contributed by atoms with Crippen molar-refractivity contribution >= 4 is 17.6 Å². The molecule has 0 spiro atoms. The zero-order chi connectivity index (χ0) is 15.1. The largest absolute Gasteiger partial charge is 0.489 e. The van der Waals surface area contributed by atoms with Gasteiger partial charge in [-0.15, -0.1) is 0 Å². The van der Waals surface area contributed by atoms with Crippen LogP contribution in [-0.2, 0) is 22.6 Å². The van der Waals surface area contributed by atoms with Crippen molar-refractivity contribution in [1.82, 2.24) is 0 Å². The summed E-state index contributed by atoms with van der Waals surface area (Å²) in [4.78, 5) is 11.5. The summed E-state index contributed by atoms with van der Waals surface area (Å²) in [6.45, 7) is 2.61. The van der Waals surface area contributed by atoms with Crippen molar-refractivity contribution < 1.29 is 14.3 Å². The molecule has 0 saturated heterocycles. The highest BCUT2D eigenvalue weighted by Crippen LogP contribution is 2.23. The smallest absolute Gasteiger partial charge is 0.310 e. The number of carbonyl (C=O) groups excluding carboxylic acids is 1. The standard InChI is InChI=1S/C17H17ClO3/c1-2-20-17(19)11-14-10-15(8-9-16(14)18)21-12-13-6-4-3-5-7-13/h3-10H,2,11-12H2,1H3. The highest BCUT2D eigenvalue weighted by atomic mass is 35.5. The summed E-state index contributed by atoms with van der Waals surface area (Å²) in [6, 6.07) is 15.2. The summed E-state index contributed by atoms with van der Waals surface area (Å²) in [5, 5.41) is 0.537. The van der Waals surface area contributed by atoms with Crippen LogP contribution in [0.4, 0.5) is 0 Å². The van der Waals surface area contributed by atoms with Gasteiger partial charge in [-0.1, -0.05) is 41.9 Å². The Morgan fingerprint density at radius 3 is 2.62 bits per heavy atom. The van der Waals surface area contributed by atoms with Crippen LogP contribution >= 0.6 is 11.6 Å².